The molecule has 2 N–H and O–H groups in total. The summed E-state index contributed by atoms with van der Waals surface area (Å²) >= 11 is 5.93. The number of carbonyl (C=O) groups is 3. The summed E-state index contributed by atoms with van der Waals surface area (Å²) in [4.78, 5) is 36.7. The van der Waals surface area contributed by atoms with E-state index in [1.54, 1.807) is 18.2 Å². The highest BCUT2D eigenvalue weighted by molar-refractivity contribution is 6.32. The standard InChI is InChI=1S/C21H20ClN3O4/c1-12-5-4-6-15(9-12)20(27)24-13(2)21(28)29-14(3)19(26)25-17-8-7-16(11-23)18(22)10-17/h4-10,13-14H,1-3H3,(H,24,27)(H,25,26)/t13-,14+/m0/s1. The Morgan fingerprint density at radius 2 is 1.86 bits per heavy atom. The van der Waals surface area contributed by atoms with Crippen LogP contribution in [0.5, 0.6) is 0 Å². The molecule has 0 radical (unpaired) electrons. The maximum Gasteiger partial charge on any atom is 0.329 e. The zero-order valence-corrected chi connectivity index (χ0v) is 16.9. The third kappa shape index (κ3) is 6.06. The predicted molar refractivity (Wildman–Crippen MR) is 108 cm³/mol. The minimum Gasteiger partial charge on any atom is -0.451 e. The molecule has 2 amide bonds. The number of nitriles is 1. The summed E-state index contributed by atoms with van der Waals surface area (Å²) in [5.74, 6) is -1.73. The molecule has 2 aromatic rings. The molecule has 2 atom stereocenters. The van der Waals surface area contributed by atoms with E-state index in [0.29, 0.717) is 11.3 Å². The van der Waals surface area contributed by atoms with E-state index in [4.69, 9.17) is 21.6 Å². The van der Waals surface area contributed by atoms with Crippen LogP contribution in [0.3, 0.4) is 0 Å². The van der Waals surface area contributed by atoms with Crippen molar-refractivity contribution in [3.05, 3.63) is 64.2 Å². The van der Waals surface area contributed by atoms with Crippen molar-refractivity contribution in [1.29, 1.82) is 5.26 Å². The molecule has 0 fully saturated rings. The lowest BCUT2D eigenvalue weighted by Crippen LogP contribution is -2.42. The van der Waals surface area contributed by atoms with E-state index in [-0.39, 0.29) is 10.6 Å². The number of hydrogen-bond donors (Lipinski definition) is 2. The maximum atomic E-state index is 12.2. The second-order valence-electron chi connectivity index (χ2n) is 6.44. The molecule has 0 heterocycles. The molecule has 0 saturated carbocycles. The number of benzene rings is 2. The van der Waals surface area contributed by atoms with Crippen LogP contribution in [-0.4, -0.2) is 29.9 Å². The number of nitrogens with zero attached hydrogens (tertiary/aromatic N) is 1. The summed E-state index contributed by atoms with van der Waals surface area (Å²) < 4.78 is 5.13. The van der Waals surface area contributed by atoms with Gasteiger partial charge in [0.05, 0.1) is 10.6 Å². The Hall–Kier alpha value is -3.37. The lowest BCUT2D eigenvalue weighted by molar-refractivity contribution is -0.154. The van der Waals surface area contributed by atoms with Crippen LogP contribution in [0.25, 0.3) is 0 Å². The fraction of sp³-hybridized carbons (Fsp3) is 0.238. The molecule has 0 saturated heterocycles. The zero-order chi connectivity index (χ0) is 21.6. The van der Waals surface area contributed by atoms with Crippen molar-refractivity contribution >= 4 is 35.1 Å². The predicted octanol–water partition coefficient (Wildman–Crippen LogP) is 3.21. The number of esters is 1. The number of carbonyl (C=O) groups excluding carboxylic acids is 3. The Kier molecular flexibility index (Phi) is 7.34. The fourth-order valence-corrected chi connectivity index (χ4v) is 2.61. The van der Waals surface area contributed by atoms with E-state index in [1.165, 1.54) is 32.0 Å². The summed E-state index contributed by atoms with van der Waals surface area (Å²) in [7, 11) is 0. The molecular formula is C21H20ClN3O4. The first kappa shape index (κ1) is 21.9. The Morgan fingerprint density at radius 3 is 2.48 bits per heavy atom. The highest BCUT2D eigenvalue weighted by Gasteiger charge is 2.23. The first-order valence-corrected chi connectivity index (χ1v) is 9.17. The van der Waals surface area contributed by atoms with Crippen LogP contribution in [0, 0.1) is 18.3 Å². The fourth-order valence-electron chi connectivity index (χ4n) is 2.38. The molecule has 8 heteroatoms. The number of rotatable bonds is 6. The molecule has 0 aliphatic carbocycles. The molecule has 0 bridgehead atoms. The van der Waals surface area contributed by atoms with Crippen molar-refractivity contribution in [2.24, 2.45) is 0 Å². The summed E-state index contributed by atoms with van der Waals surface area (Å²) in [5.41, 5.74) is 1.99. The van der Waals surface area contributed by atoms with Gasteiger partial charge < -0.3 is 15.4 Å². The van der Waals surface area contributed by atoms with Gasteiger partial charge in [0.2, 0.25) is 0 Å². The first-order chi connectivity index (χ1) is 13.7. The molecule has 150 valence electrons. The summed E-state index contributed by atoms with van der Waals surface area (Å²) in [6, 6.07) is 12.3. The molecular weight excluding hydrogens is 394 g/mol. The van der Waals surface area contributed by atoms with E-state index >= 15 is 0 Å². The van der Waals surface area contributed by atoms with E-state index in [1.807, 2.05) is 19.1 Å². The second kappa shape index (κ2) is 9.71. The lowest BCUT2D eigenvalue weighted by atomic mass is 10.1. The summed E-state index contributed by atoms with van der Waals surface area (Å²) in [6.45, 7) is 4.74. The second-order valence-corrected chi connectivity index (χ2v) is 6.85. The average Bonchev–Trinajstić information content (AvgIpc) is 2.67. The van der Waals surface area contributed by atoms with Gasteiger partial charge in [0, 0.05) is 11.3 Å². The molecule has 2 rings (SSSR count). The van der Waals surface area contributed by atoms with Crippen LogP contribution in [0.1, 0.15) is 35.3 Å². The van der Waals surface area contributed by atoms with Gasteiger partial charge in [-0.1, -0.05) is 29.3 Å². The molecule has 0 aromatic heterocycles. The highest BCUT2D eigenvalue weighted by Crippen LogP contribution is 2.20. The Morgan fingerprint density at radius 1 is 1.14 bits per heavy atom. The van der Waals surface area contributed by atoms with Gasteiger partial charge in [-0.05, 0) is 51.1 Å². The highest BCUT2D eigenvalue weighted by atomic mass is 35.5. The molecule has 0 spiro atoms. The number of hydrogen-bond acceptors (Lipinski definition) is 5. The molecule has 0 aliphatic heterocycles. The van der Waals surface area contributed by atoms with Gasteiger partial charge >= 0.3 is 5.97 Å². The van der Waals surface area contributed by atoms with E-state index in [9.17, 15) is 14.4 Å². The minimum atomic E-state index is -1.10. The maximum absolute atomic E-state index is 12.2. The van der Waals surface area contributed by atoms with Crippen LogP contribution >= 0.6 is 11.6 Å². The number of ether oxygens (including phenoxy) is 1. The Labute approximate surface area is 173 Å². The van der Waals surface area contributed by atoms with Crippen molar-refractivity contribution in [3.63, 3.8) is 0 Å². The van der Waals surface area contributed by atoms with Crippen LogP contribution in [0.4, 0.5) is 5.69 Å². The topological polar surface area (TPSA) is 108 Å². The van der Waals surface area contributed by atoms with E-state index in [2.05, 4.69) is 10.6 Å². The summed E-state index contributed by atoms with van der Waals surface area (Å²) in [5, 5.41) is 14.2. The summed E-state index contributed by atoms with van der Waals surface area (Å²) in [6.07, 6.45) is -1.10. The van der Waals surface area contributed by atoms with Gasteiger partial charge in [0.1, 0.15) is 12.1 Å². The van der Waals surface area contributed by atoms with Gasteiger partial charge in [-0.3, -0.25) is 9.59 Å². The molecule has 29 heavy (non-hydrogen) atoms. The number of halogens is 1. The average molecular weight is 414 g/mol. The van der Waals surface area contributed by atoms with Gasteiger partial charge in [0.15, 0.2) is 6.10 Å². The van der Waals surface area contributed by atoms with Crippen molar-refractivity contribution in [3.8, 4) is 6.07 Å². The van der Waals surface area contributed by atoms with Crippen molar-refractivity contribution in [2.45, 2.75) is 32.9 Å². The molecule has 0 aliphatic rings. The third-order valence-electron chi connectivity index (χ3n) is 4.00. The largest absolute Gasteiger partial charge is 0.451 e. The van der Waals surface area contributed by atoms with Gasteiger partial charge in [-0.2, -0.15) is 5.26 Å². The van der Waals surface area contributed by atoms with Gasteiger partial charge in [-0.25, -0.2) is 4.79 Å². The number of nitrogens with one attached hydrogen (secondary N) is 2. The van der Waals surface area contributed by atoms with Gasteiger partial charge in [0.25, 0.3) is 11.8 Å². The van der Waals surface area contributed by atoms with Crippen LogP contribution in [0.15, 0.2) is 42.5 Å². The van der Waals surface area contributed by atoms with Gasteiger partial charge in [-0.15, -0.1) is 0 Å². The smallest absolute Gasteiger partial charge is 0.329 e. The lowest BCUT2D eigenvalue weighted by Gasteiger charge is -2.18. The van der Waals surface area contributed by atoms with Crippen LogP contribution in [-0.2, 0) is 14.3 Å². The molecule has 7 nitrogen and oxygen atoms in total. The van der Waals surface area contributed by atoms with Crippen molar-refractivity contribution in [1.82, 2.24) is 5.32 Å². The minimum absolute atomic E-state index is 0.197. The van der Waals surface area contributed by atoms with E-state index in [0.717, 1.165) is 5.56 Å². The number of anilines is 1. The van der Waals surface area contributed by atoms with Crippen LogP contribution in [0.2, 0.25) is 5.02 Å². The number of aryl methyl sites for hydroxylation is 1. The monoisotopic (exact) mass is 413 g/mol. The molecule has 2 aromatic carbocycles. The third-order valence-corrected chi connectivity index (χ3v) is 4.31. The normalized spacial score (nSPS) is 12.2. The van der Waals surface area contributed by atoms with Crippen molar-refractivity contribution in [2.75, 3.05) is 5.32 Å². The number of amides is 2. The quantitative estimate of drug-likeness (QED) is 0.707. The Bertz CT molecular complexity index is 984. The zero-order valence-electron chi connectivity index (χ0n) is 16.2. The first-order valence-electron chi connectivity index (χ1n) is 8.79. The Balaban J connectivity index is 1.91. The van der Waals surface area contributed by atoms with Crippen molar-refractivity contribution < 1.29 is 19.1 Å². The van der Waals surface area contributed by atoms with E-state index < -0.39 is 29.9 Å². The van der Waals surface area contributed by atoms with Crippen LogP contribution < -0.4 is 10.6 Å². The molecule has 0 unspecified atom stereocenters. The SMILES string of the molecule is Cc1cccc(C(=O)N[C@@H](C)C(=O)O[C@H](C)C(=O)Nc2ccc(C#N)c(Cl)c2)c1.